The highest BCUT2D eigenvalue weighted by molar-refractivity contribution is 5.92. The van der Waals surface area contributed by atoms with Crippen LogP contribution in [-0.2, 0) is 0 Å². The first-order valence-corrected chi connectivity index (χ1v) is 8.62. The third-order valence-electron chi connectivity index (χ3n) is 4.67. The molecule has 1 fully saturated rings. The number of carbonyl (C=O) groups is 1. The number of aliphatic hydroxyl groups is 1. The summed E-state index contributed by atoms with van der Waals surface area (Å²) in [5.41, 5.74) is 7.89. The molecule has 2 aromatic rings. The third kappa shape index (κ3) is 3.79. The van der Waals surface area contributed by atoms with E-state index in [4.69, 9.17) is 5.73 Å². The predicted molar refractivity (Wildman–Crippen MR) is 96.2 cm³/mol. The van der Waals surface area contributed by atoms with Crippen molar-refractivity contribution in [2.45, 2.75) is 38.2 Å². The van der Waals surface area contributed by atoms with E-state index < -0.39 is 6.10 Å². The zero-order valence-electron chi connectivity index (χ0n) is 14.6. The van der Waals surface area contributed by atoms with Crippen molar-refractivity contribution in [3.8, 4) is 0 Å². The molecule has 3 rings (SSSR count). The molecule has 3 N–H and O–H groups in total. The molecule has 0 radical (unpaired) electrons. The van der Waals surface area contributed by atoms with Crippen LogP contribution in [0.15, 0.2) is 36.4 Å². The Bertz CT molecular complexity index is 748. The van der Waals surface area contributed by atoms with E-state index in [0.29, 0.717) is 25.2 Å². The maximum absolute atomic E-state index is 12.8. The summed E-state index contributed by atoms with van der Waals surface area (Å²) in [7, 11) is 0. The second-order valence-electron chi connectivity index (χ2n) is 6.82. The molecule has 6 nitrogen and oxygen atoms in total. The Kier molecular flexibility index (Phi) is 4.99. The van der Waals surface area contributed by atoms with Crippen molar-refractivity contribution in [1.29, 1.82) is 0 Å². The van der Waals surface area contributed by atoms with Crippen LogP contribution >= 0.6 is 0 Å². The molecule has 2 heterocycles. The van der Waals surface area contributed by atoms with Gasteiger partial charge in [0.15, 0.2) is 0 Å². The van der Waals surface area contributed by atoms with Crippen molar-refractivity contribution in [2.24, 2.45) is 0 Å². The van der Waals surface area contributed by atoms with E-state index in [1.54, 1.807) is 11.0 Å². The lowest BCUT2D eigenvalue weighted by molar-refractivity contribution is 0.0377. The molecule has 132 valence electrons. The van der Waals surface area contributed by atoms with E-state index in [9.17, 15) is 9.90 Å². The standard InChI is InChI=1S/C19H24N4O2/c1-12(2)15-10-16(22-19(20)21-15)18(25)23-9-8-14(17(24)11-23)13-6-4-3-5-7-13/h3-7,10,12,14,17,24H,8-9,11H2,1-2H3,(H2,20,21,22)/t14-,17-/m1/s1. The van der Waals surface area contributed by atoms with Gasteiger partial charge in [-0.05, 0) is 24.0 Å². The lowest BCUT2D eigenvalue weighted by Crippen LogP contribution is -2.46. The highest BCUT2D eigenvalue weighted by atomic mass is 16.3. The quantitative estimate of drug-likeness (QED) is 0.893. The van der Waals surface area contributed by atoms with Crippen molar-refractivity contribution in [2.75, 3.05) is 18.8 Å². The minimum atomic E-state index is -0.594. The molecular weight excluding hydrogens is 316 g/mol. The number of amides is 1. The fourth-order valence-corrected chi connectivity index (χ4v) is 3.26. The number of β-amino-alcohol motifs (C(OH)–C–C–N with tert-alkyl or cyclic N) is 1. The van der Waals surface area contributed by atoms with E-state index in [2.05, 4.69) is 9.97 Å². The molecule has 6 heteroatoms. The molecule has 2 atom stereocenters. The second-order valence-corrected chi connectivity index (χ2v) is 6.82. The highest BCUT2D eigenvalue weighted by Crippen LogP contribution is 2.29. The number of nitrogen functional groups attached to an aromatic ring is 1. The van der Waals surface area contributed by atoms with Gasteiger partial charge >= 0.3 is 0 Å². The zero-order chi connectivity index (χ0) is 18.0. The average molecular weight is 340 g/mol. The van der Waals surface area contributed by atoms with Crippen molar-refractivity contribution >= 4 is 11.9 Å². The molecule has 1 aliphatic rings. The maximum Gasteiger partial charge on any atom is 0.272 e. The van der Waals surface area contributed by atoms with E-state index >= 15 is 0 Å². The van der Waals surface area contributed by atoms with E-state index in [0.717, 1.165) is 11.3 Å². The lowest BCUT2D eigenvalue weighted by Gasteiger charge is -2.36. The van der Waals surface area contributed by atoms with Gasteiger partial charge in [0.2, 0.25) is 5.95 Å². The smallest absolute Gasteiger partial charge is 0.272 e. The van der Waals surface area contributed by atoms with Gasteiger partial charge < -0.3 is 15.7 Å². The van der Waals surface area contributed by atoms with Crippen molar-refractivity contribution in [3.63, 3.8) is 0 Å². The molecule has 1 aliphatic heterocycles. The number of nitrogens with two attached hydrogens (primary N) is 1. The predicted octanol–water partition coefficient (Wildman–Crippen LogP) is 2.17. The number of anilines is 1. The topological polar surface area (TPSA) is 92.3 Å². The fourth-order valence-electron chi connectivity index (χ4n) is 3.26. The normalized spacial score (nSPS) is 20.7. The van der Waals surface area contributed by atoms with Gasteiger partial charge in [-0.1, -0.05) is 44.2 Å². The van der Waals surface area contributed by atoms with Crippen molar-refractivity contribution in [1.82, 2.24) is 14.9 Å². The Morgan fingerprint density at radius 1 is 1.28 bits per heavy atom. The first-order valence-electron chi connectivity index (χ1n) is 8.62. The van der Waals surface area contributed by atoms with Crippen LogP contribution < -0.4 is 5.73 Å². The molecule has 0 unspecified atom stereocenters. The first kappa shape index (κ1) is 17.4. The van der Waals surface area contributed by atoms with Gasteiger partial charge in [0.1, 0.15) is 5.69 Å². The number of hydrogen-bond acceptors (Lipinski definition) is 5. The number of hydrogen-bond donors (Lipinski definition) is 2. The van der Waals surface area contributed by atoms with Crippen LogP contribution in [0, 0.1) is 0 Å². The van der Waals surface area contributed by atoms with Crippen LogP contribution in [0.5, 0.6) is 0 Å². The number of benzene rings is 1. The number of aliphatic hydroxyl groups excluding tert-OH is 1. The Balaban J connectivity index is 1.75. The van der Waals surface area contributed by atoms with Gasteiger partial charge in [-0.2, -0.15) is 0 Å². The Labute approximate surface area is 147 Å². The lowest BCUT2D eigenvalue weighted by atomic mass is 9.87. The Morgan fingerprint density at radius 2 is 2.00 bits per heavy atom. The van der Waals surface area contributed by atoms with Gasteiger partial charge in [0.05, 0.1) is 6.10 Å². The Morgan fingerprint density at radius 3 is 2.64 bits per heavy atom. The fraction of sp³-hybridized carbons (Fsp3) is 0.421. The van der Waals surface area contributed by atoms with Gasteiger partial charge in [-0.3, -0.25) is 4.79 Å². The summed E-state index contributed by atoms with van der Waals surface area (Å²) in [6, 6.07) is 11.6. The summed E-state index contributed by atoms with van der Waals surface area (Å²) in [6.07, 6.45) is 0.123. The number of piperidine rings is 1. The number of likely N-dealkylation sites (tertiary alicyclic amines) is 1. The van der Waals surface area contributed by atoms with E-state index in [1.165, 1.54) is 0 Å². The summed E-state index contributed by atoms with van der Waals surface area (Å²) < 4.78 is 0. The molecule has 0 spiro atoms. The minimum absolute atomic E-state index is 0.0481. The summed E-state index contributed by atoms with van der Waals surface area (Å²) in [6.45, 7) is 4.85. The maximum atomic E-state index is 12.8. The van der Waals surface area contributed by atoms with Crippen LogP contribution in [0.25, 0.3) is 0 Å². The van der Waals surface area contributed by atoms with Crippen LogP contribution in [0.3, 0.4) is 0 Å². The average Bonchev–Trinajstić information content (AvgIpc) is 2.61. The second kappa shape index (κ2) is 7.19. The zero-order valence-corrected chi connectivity index (χ0v) is 14.6. The summed E-state index contributed by atoms with van der Waals surface area (Å²) in [5, 5.41) is 10.5. The summed E-state index contributed by atoms with van der Waals surface area (Å²) in [4.78, 5) is 22.7. The molecule has 1 saturated heterocycles. The van der Waals surface area contributed by atoms with Crippen LogP contribution in [-0.4, -0.2) is 45.1 Å². The number of carbonyl (C=O) groups excluding carboxylic acids is 1. The van der Waals surface area contributed by atoms with Crippen LogP contribution in [0.1, 0.15) is 53.8 Å². The van der Waals surface area contributed by atoms with Gasteiger partial charge in [0, 0.05) is 24.7 Å². The molecule has 0 saturated carbocycles. The molecular formula is C19H24N4O2. The first-order chi connectivity index (χ1) is 12.0. The SMILES string of the molecule is CC(C)c1cc(C(=O)N2CC[C@H](c3ccccc3)[C@H](O)C2)nc(N)n1. The number of aromatic nitrogens is 2. The molecule has 0 bridgehead atoms. The molecule has 0 aliphatic carbocycles. The van der Waals surface area contributed by atoms with Crippen molar-refractivity contribution < 1.29 is 9.90 Å². The summed E-state index contributed by atoms with van der Waals surface area (Å²) in [5.74, 6) is 0.106. The van der Waals surface area contributed by atoms with Crippen molar-refractivity contribution in [3.05, 3.63) is 53.3 Å². The largest absolute Gasteiger partial charge is 0.391 e. The molecule has 1 aromatic carbocycles. The number of nitrogens with zero attached hydrogens (tertiary/aromatic N) is 3. The number of rotatable bonds is 3. The van der Waals surface area contributed by atoms with Crippen LogP contribution in [0.2, 0.25) is 0 Å². The van der Waals surface area contributed by atoms with Gasteiger partial charge in [-0.25, -0.2) is 9.97 Å². The third-order valence-corrected chi connectivity index (χ3v) is 4.67. The molecule has 1 amide bonds. The minimum Gasteiger partial charge on any atom is -0.391 e. The van der Waals surface area contributed by atoms with E-state index in [1.807, 2.05) is 44.2 Å². The van der Waals surface area contributed by atoms with E-state index in [-0.39, 0.29) is 23.7 Å². The molecule has 25 heavy (non-hydrogen) atoms. The highest BCUT2D eigenvalue weighted by Gasteiger charge is 2.32. The Hall–Kier alpha value is -2.47. The van der Waals surface area contributed by atoms with Gasteiger partial charge in [0.25, 0.3) is 5.91 Å². The van der Waals surface area contributed by atoms with Gasteiger partial charge in [-0.15, -0.1) is 0 Å². The molecule has 1 aromatic heterocycles. The van der Waals surface area contributed by atoms with Crippen LogP contribution in [0.4, 0.5) is 5.95 Å². The monoisotopic (exact) mass is 340 g/mol. The summed E-state index contributed by atoms with van der Waals surface area (Å²) >= 11 is 0.